The standard InChI is InChI=1S/C19H24N6O4S/c1-5-29-15(27)8-12-10-30-18(22-12)23-14(26)6-7-24-11-20-16-13(17(24)28)9-21-25(16)19(2,3)4/h9-11H,5-8H2,1-4H3,(H,22,23,26). The third-order valence-corrected chi connectivity index (χ3v) is 5.01. The number of fused-ring (bicyclic) bond motifs is 1. The van der Waals surface area contributed by atoms with Gasteiger partial charge in [0.25, 0.3) is 5.56 Å². The molecule has 10 nitrogen and oxygen atoms in total. The van der Waals surface area contributed by atoms with Gasteiger partial charge in [0.15, 0.2) is 10.8 Å². The van der Waals surface area contributed by atoms with Crippen molar-refractivity contribution in [3.8, 4) is 0 Å². The molecule has 0 aliphatic carbocycles. The second-order valence-electron chi connectivity index (χ2n) is 7.63. The van der Waals surface area contributed by atoms with Crippen molar-refractivity contribution in [1.82, 2.24) is 24.3 Å². The van der Waals surface area contributed by atoms with Crippen LogP contribution in [0.15, 0.2) is 22.7 Å². The van der Waals surface area contributed by atoms with Gasteiger partial charge in [0.2, 0.25) is 5.91 Å². The minimum absolute atomic E-state index is 0.0591. The fourth-order valence-electron chi connectivity index (χ4n) is 2.81. The van der Waals surface area contributed by atoms with Crippen LogP contribution >= 0.6 is 11.3 Å². The molecule has 0 atom stereocenters. The first-order valence-corrected chi connectivity index (χ1v) is 10.4. The van der Waals surface area contributed by atoms with E-state index in [1.54, 1.807) is 17.0 Å². The topological polar surface area (TPSA) is 121 Å². The Labute approximate surface area is 176 Å². The Kier molecular flexibility index (Phi) is 6.30. The lowest BCUT2D eigenvalue weighted by Crippen LogP contribution is -2.26. The molecule has 0 unspecified atom stereocenters. The van der Waals surface area contributed by atoms with Gasteiger partial charge in [0.1, 0.15) is 5.39 Å². The van der Waals surface area contributed by atoms with Crippen molar-refractivity contribution in [3.05, 3.63) is 34.0 Å². The monoisotopic (exact) mass is 432 g/mol. The van der Waals surface area contributed by atoms with Crippen LogP contribution in [-0.4, -0.2) is 42.8 Å². The van der Waals surface area contributed by atoms with Crippen molar-refractivity contribution >= 4 is 39.4 Å². The Morgan fingerprint density at radius 2 is 2.07 bits per heavy atom. The Bertz CT molecular complexity index is 1120. The zero-order valence-electron chi connectivity index (χ0n) is 17.3. The highest BCUT2D eigenvalue weighted by atomic mass is 32.1. The SMILES string of the molecule is CCOC(=O)Cc1csc(NC(=O)CCn2cnc3c(cnn3C(C)(C)C)c2=O)n1. The smallest absolute Gasteiger partial charge is 0.311 e. The summed E-state index contributed by atoms with van der Waals surface area (Å²) in [7, 11) is 0. The maximum absolute atomic E-state index is 12.7. The number of nitrogens with zero attached hydrogens (tertiary/aromatic N) is 5. The van der Waals surface area contributed by atoms with E-state index in [1.807, 2.05) is 20.8 Å². The summed E-state index contributed by atoms with van der Waals surface area (Å²) in [6, 6.07) is 0. The first-order chi connectivity index (χ1) is 14.2. The number of amides is 1. The Balaban J connectivity index is 1.62. The number of nitrogens with one attached hydrogen (secondary N) is 1. The third kappa shape index (κ3) is 4.90. The van der Waals surface area contributed by atoms with Crippen molar-refractivity contribution < 1.29 is 14.3 Å². The number of carbonyl (C=O) groups excluding carboxylic acids is 2. The molecule has 0 bridgehead atoms. The predicted octanol–water partition coefficient (Wildman–Crippen LogP) is 1.94. The third-order valence-electron chi connectivity index (χ3n) is 4.20. The predicted molar refractivity (Wildman–Crippen MR) is 112 cm³/mol. The summed E-state index contributed by atoms with van der Waals surface area (Å²) in [5.74, 6) is -0.651. The summed E-state index contributed by atoms with van der Waals surface area (Å²) in [6.45, 7) is 8.16. The number of esters is 1. The summed E-state index contributed by atoms with van der Waals surface area (Å²) in [5.41, 5.74) is 0.516. The van der Waals surface area contributed by atoms with Crippen LogP contribution in [0, 0.1) is 0 Å². The molecular weight excluding hydrogens is 408 g/mol. The van der Waals surface area contributed by atoms with Gasteiger partial charge in [-0.1, -0.05) is 0 Å². The molecule has 0 saturated heterocycles. The Morgan fingerprint density at radius 3 is 2.77 bits per heavy atom. The quantitative estimate of drug-likeness (QED) is 0.566. The molecular formula is C19H24N6O4S. The van der Waals surface area contributed by atoms with Crippen molar-refractivity contribution in [2.75, 3.05) is 11.9 Å². The summed E-state index contributed by atoms with van der Waals surface area (Å²) in [5, 5.41) is 9.46. The van der Waals surface area contributed by atoms with Crippen LogP contribution in [0.25, 0.3) is 11.0 Å². The van der Waals surface area contributed by atoms with E-state index in [0.717, 1.165) is 0 Å². The van der Waals surface area contributed by atoms with Crippen molar-refractivity contribution in [1.29, 1.82) is 0 Å². The van der Waals surface area contributed by atoms with Gasteiger partial charge >= 0.3 is 5.97 Å². The zero-order chi connectivity index (χ0) is 21.9. The molecule has 0 aromatic carbocycles. The van der Waals surface area contributed by atoms with Crippen molar-refractivity contribution in [2.45, 2.75) is 52.6 Å². The van der Waals surface area contributed by atoms with E-state index in [1.165, 1.54) is 28.4 Å². The minimum Gasteiger partial charge on any atom is -0.466 e. The lowest BCUT2D eigenvalue weighted by molar-refractivity contribution is -0.142. The van der Waals surface area contributed by atoms with Crippen LogP contribution in [0.1, 0.15) is 39.8 Å². The fourth-order valence-corrected chi connectivity index (χ4v) is 3.53. The number of hydrogen-bond acceptors (Lipinski definition) is 8. The maximum atomic E-state index is 12.7. The number of anilines is 1. The molecule has 3 aromatic heterocycles. The molecule has 30 heavy (non-hydrogen) atoms. The number of hydrogen-bond donors (Lipinski definition) is 1. The van der Waals surface area contributed by atoms with Gasteiger partial charge in [-0.15, -0.1) is 11.3 Å². The molecule has 0 radical (unpaired) electrons. The van der Waals surface area contributed by atoms with Crippen LogP contribution in [0.2, 0.25) is 0 Å². The van der Waals surface area contributed by atoms with E-state index in [2.05, 4.69) is 20.4 Å². The molecule has 0 aliphatic heterocycles. The average molecular weight is 433 g/mol. The normalized spacial score (nSPS) is 11.6. The summed E-state index contributed by atoms with van der Waals surface area (Å²) in [6.07, 6.45) is 3.08. The molecule has 3 aromatic rings. The van der Waals surface area contributed by atoms with E-state index < -0.39 is 0 Å². The van der Waals surface area contributed by atoms with Gasteiger partial charge in [-0.25, -0.2) is 14.6 Å². The molecule has 11 heteroatoms. The second kappa shape index (κ2) is 8.74. The number of aromatic nitrogens is 5. The Morgan fingerprint density at radius 1 is 1.30 bits per heavy atom. The van der Waals surface area contributed by atoms with Crippen molar-refractivity contribution in [2.24, 2.45) is 0 Å². The van der Waals surface area contributed by atoms with E-state index in [-0.39, 0.29) is 42.4 Å². The molecule has 0 saturated carbocycles. The average Bonchev–Trinajstić information content (AvgIpc) is 3.28. The molecule has 0 spiro atoms. The first kappa shape index (κ1) is 21.6. The van der Waals surface area contributed by atoms with Crippen LogP contribution < -0.4 is 10.9 Å². The second-order valence-corrected chi connectivity index (χ2v) is 8.49. The van der Waals surface area contributed by atoms with Gasteiger partial charge in [0, 0.05) is 18.3 Å². The molecule has 0 fully saturated rings. The number of aryl methyl sites for hydroxylation is 1. The van der Waals surface area contributed by atoms with Crippen LogP contribution in [0.4, 0.5) is 5.13 Å². The van der Waals surface area contributed by atoms with Crippen LogP contribution in [0.3, 0.4) is 0 Å². The highest BCUT2D eigenvalue weighted by Crippen LogP contribution is 2.18. The molecule has 160 valence electrons. The first-order valence-electron chi connectivity index (χ1n) is 9.52. The zero-order valence-corrected chi connectivity index (χ0v) is 18.2. The number of ether oxygens (including phenoxy) is 1. The van der Waals surface area contributed by atoms with Crippen molar-refractivity contribution in [3.63, 3.8) is 0 Å². The summed E-state index contributed by atoms with van der Waals surface area (Å²) < 4.78 is 7.98. The van der Waals surface area contributed by atoms with Gasteiger partial charge in [-0.2, -0.15) is 5.10 Å². The lowest BCUT2D eigenvalue weighted by atomic mass is 10.1. The van der Waals surface area contributed by atoms with E-state index in [4.69, 9.17) is 4.74 Å². The summed E-state index contributed by atoms with van der Waals surface area (Å²) >= 11 is 1.23. The number of thiazole rings is 1. The highest BCUT2D eigenvalue weighted by molar-refractivity contribution is 7.13. The molecule has 3 heterocycles. The maximum Gasteiger partial charge on any atom is 0.311 e. The number of rotatable bonds is 7. The lowest BCUT2D eigenvalue weighted by Gasteiger charge is -2.19. The fraction of sp³-hybridized carbons (Fsp3) is 0.474. The van der Waals surface area contributed by atoms with E-state index in [0.29, 0.717) is 28.5 Å². The van der Waals surface area contributed by atoms with Crippen LogP contribution in [-0.2, 0) is 32.8 Å². The van der Waals surface area contributed by atoms with Gasteiger partial charge in [-0.05, 0) is 27.7 Å². The Hall–Kier alpha value is -3.08. The summed E-state index contributed by atoms with van der Waals surface area (Å²) in [4.78, 5) is 45.0. The van der Waals surface area contributed by atoms with E-state index >= 15 is 0 Å². The number of carbonyl (C=O) groups is 2. The van der Waals surface area contributed by atoms with Gasteiger partial charge in [-0.3, -0.25) is 19.0 Å². The molecule has 1 amide bonds. The highest BCUT2D eigenvalue weighted by Gasteiger charge is 2.20. The van der Waals surface area contributed by atoms with Crippen LogP contribution in [0.5, 0.6) is 0 Å². The minimum atomic E-state index is -0.363. The molecule has 3 rings (SSSR count). The molecule has 1 N–H and O–H groups in total. The van der Waals surface area contributed by atoms with E-state index in [9.17, 15) is 14.4 Å². The molecule has 0 aliphatic rings. The largest absolute Gasteiger partial charge is 0.466 e. The van der Waals surface area contributed by atoms with Gasteiger partial charge in [0.05, 0.1) is 36.8 Å². The van der Waals surface area contributed by atoms with Gasteiger partial charge < -0.3 is 10.1 Å².